The molecule has 1 unspecified atom stereocenters. The summed E-state index contributed by atoms with van der Waals surface area (Å²) in [7, 11) is 0. The van der Waals surface area contributed by atoms with Crippen LogP contribution in [0.3, 0.4) is 0 Å². The van der Waals surface area contributed by atoms with Crippen LogP contribution in [0, 0.1) is 12.7 Å². The second-order valence-corrected chi connectivity index (χ2v) is 4.87. The third-order valence-corrected chi connectivity index (χ3v) is 3.79. The number of rotatable bonds is 4. The molecule has 1 aromatic heterocycles. The molecule has 90 valence electrons. The summed E-state index contributed by atoms with van der Waals surface area (Å²) < 4.78 is 18.0. The van der Waals surface area contributed by atoms with Crippen LogP contribution in [0.15, 0.2) is 45.9 Å². The first-order valence-electron chi connectivity index (χ1n) is 5.35. The van der Waals surface area contributed by atoms with E-state index in [1.165, 1.54) is 12.1 Å². The second kappa shape index (κ2) is 5.38. The topological polar surface area (TPSA) is 39.2 Å². The summed E-state index contributed by atoms with van der Waals surface area (Å²) in [6.07, 6.45) is 1.67. The fourth-order valence-electron chi connectivity index (χ4n) is 1.51. The van der Waals surface area contributed by atoms with Gasteiger partial charge in [0.2, 0.25) is 0 Å². The quantitative estimate of drug-likeness (QED) is 0.845. The lowest BCUT2D eigenvalue weighted by molar-refractivity contribution is 0.527. The van der Waals surface area contributed by atoms with E-state index in [-0.39, 0.29) is 11.9 Å². The first kappa shape index (κ1) is 12.2. The number of nitrogens with two attached hydrogens (primary N) is 1. The van der Waals surface area contributed by atoms with Crippen molar-refractivity contribution in [3.63, 3.8) is 0 Å². The Balaban J connectivity index is 1.95. The number of hydrogen-bond acceptors (Lipinski definition) is 3. The molecule has 1 aromatic carbocycles. The van der Waals surface area contributed by atoms with E-state index >= 15 is 0 Å². The lowest BCUT2D eigenvalue weighted by Gasteiger charge is -2.11. The van der Waals surface area contributed by atoms with Crippen molar-refractivity contribution in [2.45, 2.75) is 17.9 Å². The van der Waals surface area contributed by atoms with Gasteiger partial charge in [-0.05, 0) is 30.7 Å². The van der Waals surface area contributed by atoms with Crippen LogP contribution >= 0.6 is 11.8 Å². The van der Waals surface area contributed by atoms with Gasteiger partial charge in [-0.25, -0.2) is 4.39 Å². The smallest absolute Gasteiger partial charge is 0.123 e. The second-order valence-electron chi connectivity index (χ2n) is 3.81. The molecular weight excluding hydrogens is 237 g/mol. The molecule has 17 heavy (non-hydrogen) atoms. The van der Waals surface area contributed by atoms with Gasteiger partial charge in [-0.1, -0.05) is 12.1 Å². The van der Waals surface area contributed by atoms with Gasteiger partial charge in [0, 0.05) is 16.7 Å². The van der Waals surface area contributed by atoms with E-state index in [2.05, 4.69) is 0 Å². The summed E-state index contributed by atoms with van der Waals surface area (Å²) in [4.78, 5) is 1.10. The maximum atomic E-state index is 12.8. The fourth-order valence-corrected chi connectivity index (χ4v) is 2.46. The average molecular weight is 251 g/mol. The van der Waals surface area contributed by atoms with Gasteiger partial charge in [0.15, 0.2) is 0 Å². The van der Waals surface area contributed by atoms with Crippen LogP contribution in [0.4, 0.5) is 4.39 Å². The largest absolute Gasteiger partial charge is 0.468 e. The predicted molar refractivity (Wildman–Crippen MR) is 67.5 cm³/mol. The summed E-state index contributed by atoms with van der Waals surface area (Å²) in [5.74, 6) is 1.41. The molecule has 0 bridgehead atoms. The number of halogens is 1. The zero-order chi connectivity index (χ0) is 12.3. The van der Waals surface area contributed by atoms with E-state index in [1.54, 1.807) is 30.2 Å². The number of benzene rings is 1. The number of hydrogen-bond donors (Lipinski definition) is 1. The highest BCUT2D eigenvalue weighted by Gasteiger charge is 2.09. The molecule has 0 aliphatic rings. The summed E-state index contributed by atoms with van der Waals surface area (Å²) in [5.41, 5.74) is 6.98. The van der Waals surface area contributed by atoms with Crippen LogP contribution in [0.5, 0.6) is 0 Å². The number of thioether (sulfide) groups is 1. The minimum atomic E-state index is -0.237. The van der Waals surface area contributed by atoms with Crippen molar-refractivity contribution in [1.29, 1.82) is 0 Å². The third-order valence-electron chi connectivity index (χ3n) is 2.53. The first-order valence-corrected chi connectivity index (χ1v) is 6.33. The van der Waals surface area contributed by atoms with Crippen LogP contribution in [-0.4, -0.2) is 5.75 Å². The minimum absolute atomic E-state index is 0.102. The van der Waals surface area contributed by atoms with Crippen LogP contribution in [-0.2, 0) is 0 Å². The van der Waals surface area contributed by atoms with Crippen molar-refractivity contribution < 1.29 is 8.81 Å². The Morgan fingerprint density at radius 1 is 1.29 bits per heavy atom. The molecule has 1 heterocycles. The SMILES string of the molecule is Cc1occc1SCC(N)c1ccc(F)cc1. The minimum Gasteiger partial charge on any atom is -0.468 e. The maximum absolute atomic E-state index is 12.8. The molecule has 1 atom stereocenters. The standard InChI is InChI=1S/C13H14FNOS/c1-9-13(6-7-16-9)17-8-12(15)10-2-4-11(14)5-3-10/h2-7,12H,8,15H2,1H3. The lowest BCUT2D eigenvalue weighted by atomic mass is 10.1. The van der Waals surface area contributed by atoms with Crippen molar-refractivity contribution in [2.24, 2.45) is 5.73 Å². The Labute approximate surface area is 104 Å². The number of furan rings is 1. The zero-order valence-corrected chi connectivity index (χ0v) is 10.3. The van der Waals surface area contributed by atoms with Gasteiger partial charge in [-0.15, -0.1) is 11.8 Å². The molecule has 2 nitrogen and oxygen atoms in total. The van der Waals surface area contributed by atoms with E-state index in [0.29, 0.717) is 0 Å². The van der Waals surface area contributed by atoms with Crippen LogP contribution in [0.25, 0.3) is 0 Å². The third kappa shape index (κ3) is 3.11. The highest BCUT2D eigenvalue weighted by Crippen LogP contribution is 2.26. The summed E-state index contributed by atoms with van der Waals surface area (Å²) in [6.45, 7) is 1.92. The van der Waals surface area contributed by atoms with E-state index < -0.39 is 0 Å². The molecule has 4 heteroatoms. The van der Waals surface area contributed by atoms with Crippen LogP contribution in [0.1, 0.15) is 17.4 Å². The average Bonchev–Trinajstić information content (AvgIpc) is 2.73. The Hall–Kier alpha value is -1.26. The molecule has 0 fully saturated rings. The Morgan fingerprint density at radius 3 is 2.59 bits per heavy atom. The molecule has 0 amide bonds. The van der Waals surface area contributed by atoms with E-state index in [1.807, 2.05) is 13.0 Å². The molecule has 0 aliphatic heterocycles. The normalized spacial score (nSPS) is 12.6. The fraction of sp³-hybridized carbons (Fsp3) is 0.231. The molecule has 2 aromatic rings. The summed E-state index contributed by atoms with van der Waals surface area (Å²) >= 11 is 1.65. The Kier molecular flexibility index (Phi) is 3.86. The molecule has 0 aliphatic carbocycles. The van der Waals surface area contributed by atoms with Crippen molar-refractivity contribution >= 4 is 11.8 Å². The van der Waals surface area contributed by atoms with Gasteiger partial charge < -0.3 is 10.2 Å². The van der Waals surface area contributed by atoms with Gasteiger partial charge in [0.25, 0.3) is 0 Å². The highest BCUT2D eigenvalue weighted by atomic mass is 32.2. The molecule has 0 spiro atoms. The monoisotopic (exact) mass is 251 g/mol. The van der Waals surface area contributed by atoms with Crippen molar-refractivity contribution in [3.8, 4) is 0 Å². The van der Waals surface area contributed by atoms with Crippen molar-refractivity contribution in [3.05, 3.63) is 53.7 Å². The Bertz CT molecular complexity index is 480. The maximum Gasteiger partial charge on any atom is 0.123 e. The van der Waals surface area contributed by atoms with E-state index in [4.69, 9.17) is 10.2 Å². The Morgan fingerprint density at radius 2 is 2.00 bits per heavy atom. The molecule has 0 radical (unpaired) electrons. The summed E-state index contributed by atoms with van der Waals surface area (Å²) in [5, 5.41) is 0. The number of aryl methyl sites for hydroxylation is 1. The predicted octanol–water partition coefficient (Wildman–Crippen LogP) is 3.52. The molecule has 0 saturated carbocycles. The van der Waals surface area contributed by atoms with Gasteiger partial charge in [0.1, 0.15) is 11.6 Å². The molecule has 0 saturated heterocycles. The van der Waals surface area contributed by atoms with Gasteiger partial charge in [-0.2, -0.15) is 0 Å². The van der Waals surface area contributed by atoms with Crippen molar-refractivity contribution in [2.75, 3.05) is 5.75 Å². The van der Waals surface area contributed by atoms with Crippen LogP contribution < -0.4 is 5.73 Å². The van der Waals surface area contributed by atoms with E-state index in [9.17, 15) is 4.39 Å². The van der Waals surface area contributed by atoms with Gasteiger partial charge in [0.05, 0.1) is 6.26 Å². The van der Waals surface area contributed by atoms with Crippen molar-refractivity contribution in [1.82, 2.24) is 0 Å². The lowest BCUT2D eigenvalue weighted by Crippen LogP contribution is -2.12. The highest BCUT2D eigenvalue weighted by molar-refractivity contribution is 7.99. The summed E-state index contributed by atoms with van der Waals surface area (Å²) in [6, 6.07) is 8.14. The van der Waals surface area contributed by atoms with E-state index in [0.717, 1.165) is 22.0 Å². The molecule has 2 rings (SSSR count). The first-order chi connectivity index (χ1) is 8.16. The van der Waals surface area contributed by atoms with Gasteiger partial charge in [-0.3, -0.25) is 0 Å². The molecular formula is C13H14FNOS. The van der Waals surface area contributed by atoms with Gasteiger partial charge >= 0.3 is 0 Å². The molecule has 2 N–H and O–H groups in total. The van der Waals surface area contributed by atoms with Crippen LogP contribution in [0.2, 0.25) is 0 Å². The zero-order valence-electron chi connectivity index (χ0n) is 9.52.